The van der Waals surface area contributed by atoms with Crippen LogP contribution in [0.5, 0.6) is 0 Å². The number of aliphatic hydroxyl groups is 1. The quantitative estimate of drug-likeness (QED) is 0.720. The normalized spacial score (nSPS) is 55.7. The fraction of sp³-hybridized carbons (Fsp3) is 1.00. The van der Waals surface area contributed by atoms with Crippen LogP contribution in [-0.2, 0) is 0 Å². The molecule has 0 unspecified atom stereocenters. The first-order valence-electron chi connectivity index (χ1n) is 7.11. The Hall–Kier alpha value is -0.0400. The van der Waals surface area contributed by atoms with Crippen LogP contribution in [0.3, 0.4) is 0 Å². The van der Waals surface area contributed by atoms with Gasteiger partial charge in [0.1, 0.15) is 0 Å². The Kier molecular flexibility index (Phi) is 2.11. The Morgan fingerprint density at radius 1 is 1.06 bits per heavy atom. The molecule has 0 amide bonds. The standard InChI is InChI=1S/C15H26O/c1-9-7-8-15-10(2)5-6-11(14(3,4)16)13(15)12(9)15/h9-13,16H,5-8H2,1-4H3/t9-,10-,11-,12-,13-,15+/m1/s1. The van der Waals surface area contributed by atoms with Gasteiger partial charge in [-0.3, -0.25) is 0 Å². The van der Waals surface area contributed by atoms with Gasteiger partial charge < -0.3 is 5.11 Å². The van der Waals surface area contributed by atoms with E-state index in [4.69, 9.17) is 0 Å². The second kappa shape index (κ2) is 3.04. The number of hydrogen-bond acceptors (Lipinski definition) is 1. The summed E-state index contributed by atoms with van der Waals surface area (Å²) in [5, 5.41) is 10.4. The molecule has 6 atom stereocenters. The summed E-state index contributed by atoms with van der Waals surface area (Å²) in [7, 11) is 0. The van der Waals surface area contributed by atoms with Crippen LogP contribution in [-0.4, -0.2) is 10.7 Å². The minimum Gasteiger partial charge on any atom is -0.390 e. The van der Waals surface area contributed by atoms with Crippen molar-refractivity contribution >= 4 is 0 Å². The van der Waals surface area contributed by atoms with Gasteiger partial charge in [-0.25, -0.2) is 0 Å². The summed E-state index contributed by atoms with van der Waals surface area (Å²) in [6, 6.07) is 0. The van der Waals surface area contributed by atoms with Crippen LogP contribution in [0.25, 0.3) is 0 Å². The average molecular weight is 222 g/mol. The molecule has 3 aliphatic carbocycles. The van der Waals surface area contributed by atoms with Gasteiger partial charge in [-0.05, 0) is 74.5 Å². The Bertz CT molecular complexity index is 303. The van der Waals surface area contributed by atoms with Crippen molar-refractivity contribution in [3.05, 3.63) is 0 Å². The number of hydrogen-bond donors (Lipinski definition) is 1. The maximum atomic E-state index is 10.4. The molecule has 0 saturated heterocycles. The average Bonchev–Trinajstić information content (AvgIpc) is 2.73. The lowest BCUT2D eigenvalue weighted by Crippen LogP contribution is -2.38. The zero-order chi connectivity index (χ0) is 11.7. The van der Waals surface area contributed by atoms with E-state index in [2.05, 4.69) is 13.8 Å². The van der Waals surface area contributed by atoms with Crippen molar-refractivity contribution < 1.29 is 5.11 Å². The third kappa shape index (κ3) is 1.16. The van der Waals surface area contributed by atoms with Crippen LogP contribution >= 0.6 is 0 Å². The molecule has 1 spiro atoms. The first-order valence-corrected chi connectivity index (χ1v) is 7.11. The van der Waals surface area contributed by atoms with Gasteiger partial charge in [0, 0.05) is 0 Å². The van der Waals surface area contributed by atoms with Gasteiger partial charge in [0.05, 0.1) is 5.60 Å². The smallest absolute Gasteiger partial charge is 0.0622 e. The fourth-order valence-electron chi connectivity index (χ4n) is 5.59. The van der Waals surface area contributed by atoms with Crippen LogP contribution in [0.4, 0.5) is 0 Å². The monoisotopic (exact) mass is 222 g/mol. The summed E-state index contributed by atoms with van der Waals surface area (Å²) in [5.74, 6) is 4.18. The molecular formula is C15H26O. The SMILES string of the molecule is C[C@@H]1CC[C@]23[C@H]1[C@H]2[C@H](C(C)(C)O)CC[C@H]3C. The molecule has 0 aliphatic heterocycles. The minimum atomic E-state index is -0.456. The van der Waals surface area contributed by atoms with Gasteiger partial charge in [0.25, 0.3) is 0 Å². The van der Waals surface area contributed by atoms with Gasteiger partial charge in [-0.1, -0.05) is 13.8 Å². The van der Waals surface area contributed by atoms with E-state index in [1.807, 2.05) is 13.8 Å². The molecule has 1 nitrogen and oxygen atoms in total. The topological polar surface area (TPSA) is 20.2 Å². The van der Waals surface area contributed by atoms with E-state index in [0.717, 1.165) is 23.7 Å². The van der Waals surface area contributed by atoms with E-state index < -0.39 is 5.60 Å². The number of fused-ring (bicyclic) bond motifs is 1. The highest BCUT2D eigenvalue weighted by atomic mass is 16.3. The first-order chi connectivity index (χ1) is 7.39. The van der Waals surface area contributed by atoms with Gasteiger partial charge >= 0.3 is 0 Å². The summed E-state index contributed by atoms with van der Waals surface area (Å²) in [4.78, 5) is 0. The third-order valence-corrected chi connectivity index (χ3v) is 6.33. The van der Waals surface area contributed by atoms with Gasteiger partial charge in [-0.2, -0.15) is 0 Å². The Labute approximate surface area is 99.6 Å². The van der Waals surface area contributed by atoms with Gasteiger partial charge in [0.2, 0.25) is 0 Å². The minimum absolute atomic E-state index is 0.456. The first kappa shape index (κ1) is 11.1. The maximum Gasteiger partial charge on any atom is 0.0622 e. The summed E-state index contributed by atoms with van der Waals surface area (Å²) >= 11 is 0. The molecule has 1 heteroatoms. The van der Waals surface area contributed by atoms with Crippen molar-refractivity contribution in [1.82, 2.24) is 0 Å². The molecule has 0 heterocycles. The van der Waals surface area contributed by atoms with Crippen molar-refractivity contribution in [3.8, 4) is 0 Å². The molecule has 1 N–H and O–H groups in total. The highest BCUT2D eigenvalue weighted by Crippen LogP contribution is 2.79. The number of rotatable bonds is 1. The molecule has 3 saturated carbocycles. The van der Waals surface area contributed by atoms with Crippen LogP contribution in [0.15, 0.2) is 0 Å². The molecule has 16 heavy (non-hydrogen) atoms. The summed E-state index contributed by atoms with van der Waals surface area (Å²) < 4.78 is 0. The molecule has 0 radical (unpaired) electrons. The van der Waals surface area contributed by atoms with Crippen molar-refractivity contribution in [3.63, 3.8) is 0 Å². The summed E-state index contributed by atoms with van der Waals surface area (Å²) in [6.07, 6.45) is 5.47. The lowest BCUT2D eigenvalue weighted by atomic mass is 9.68. The maximum absolute atomic E-state index is 10.4. The molecule has 0 aromatic rings. The predicted octanol–water partition coefficient (Wildman–Crippen LogP) is 3.47. The fourth-order valence-corrected chi connectivity index (χ4v) is 5.59. The van der Waals surface area contributed by atoms with E-state index >= 15 is 0 Å². The van der Waals surface area contributed by atoms with E-state index in [1.54, 1.807) is 0 Å². The molecule has 3 rings (SSSR count). The molecule has 3 fully saturated rings. The van der Waals surface area contributed by atoms with E-state index in [-0.39, 0.29) is 0 Å². The molecule has 0 bridgehead atoms. The van der Waals surface area contributed by atoms with E-state index in [1.165, 1.54) is 25.7 Å². The zero-order valence-electron chi connectivity index (χ0n) is 11.2. The molecular weight excluding hydrogens is 196 g/mol. The van der Waals surface area contributed by atoms with Crippen LogP contribution < -0.4 is 0 Å². The summed E-state index contributed by atoms with van der Waals surface area (Å²) in [6.45, 7) is 8.96. The summed E-state index contributed by atoms with van der Waals surface area (Å²) in [5.41, 5.74) is 0.199. The second-order valence-electron chi connectivity index (χ2n) is 7.42. The van der Waals surface area contributed by atoms with E-state index in [9.17, 15) is 5.11 Å². The third-order valence-electron chi connectivity index (χ3n) is 6.33. The second-order valence-corrected chi connectivity index (χ2v) is 7.42. The largest absolute Gasteiger partial charge is 0.390 e. The van der Waals surface area contributed by atoms with Crippen molar-refractivity contribution in [2.24, 2.45) is 35.0 Å². The molecule has 92 valence electrons. The predicted molar refractivity (Wildman–Crippen MR) is 66.0 cm³/mol. The van der Waals surface area contributed by atoms with Crippen molar-refractivity contribution in [2.45, 2.75) is 59.0 Å². The Morgan fingerprint density at radius 3 is 2.38 bits per heavy atom. The van der Waals surface area contributed by atoms with Crippen LogP contribution in [0.2, 0.25) is 0 Å². The highest BCUT2D eigenvalue weighted by molar-refractivity contribution is 5.22. The lowest BCUT2D eigenvalue weighted by Gasteiger charge is -2.39. The van der Waals surface area contributed by atoms with E-state index in [0.29, 0.717) is 11.3 Å². The lowest BCUT2D eigenvalue weighted by molar-refractivity contribution is -0.0266. The molecule has 3 aliphatic rings. The van der Waals surface area contributed by atoms with Crippen LogP contribution in [0.1, 0.15) is 53.4 Å². The molecule has 0 aromatic carbocycles. The van der Waals surface area contributed by atoms with Crippen molar-refractivity contribution in [2.75, 3.05) is 0 Å². The van der Waals surface area contributed by atoms with Crippen LogP contribution in [0, 0.1) is 35.0 Å². The van der Waals surface area contributed by atoms with Crippen molar-refractivity contribution in [1.29, 1.82) is 0 Å². The Morgan fingerprint density at radius 2 is 1.75 bits per heavy atom. The van der Waals surface area contributed by atoms with Gasteiger partial charge in [-0.15, -0.1) is 0 Å². The van der Waals surface area contributed by atoms with Gasteiger partial charge in [0.15, 0.2) is 0 Å². The highest BCUT2D eigenvalue weighted by Gasteiger charge is 2.74. The Balaban J connectivity index is 1.90. The zero-order valence-corrected chi connectivity index (χ0v) is 11.2. The molecule has 0 aromatic heterocycles.